The van der Waals surface area contributed by atoms with E-state index in [2.05, 4.69) is 5.32 Å². The molecule has 222 valence electrons. The van der Waals surface area contributed by atoms with E-state index in [0.717, 1.165) is 29.5 Å². The number of benzene rings is 2. The highest BCUT2D eigenvalue weighted by atomic mass is 35.5. The molecule has 41 heavy (non-hydrogen) atoms. The number of cyclic esters (lactones) is 1. The number of ether oxygens (including phenoxy) is 6. The van der Waals surface area contributed by atoms with Gasteiger partial charge in [-0.25, -0.2) is 4.79 Å². The zero-order valence-corrected chi connectivity index (χ0v) is 24.0. The summed E-state index contributed by atoms with van der Waals surface area (Å²) in [5, 5.41) is 14.4. The Balaban J connectivity index is 0.00000337. The normalized spacial score (nSPS) is 24.6. The quantitative estimate of drug-likeness (QED) is 0.481. The van der Waals surface area contributed by atoms with Gasteiger partial charge in [-0.3, -0.25) is 4.79 Å². The van der Waals surface area contributed by atoms with Crippen LogP contribution in [-0.4, -0.2) is 75.4 Å². The number of likely N-dealkylation sites (tertiary alicyclic amines) is 1. The summed E-state index contributed by atoms with van der Waals surface area (Å²) in [6, 6.07) is 7.40. The molecule has 2 unspecified atom stereocenters. The van der Waals surface area contributed by atoms with Crippen molar-refractivity contribution in [3.05, 3.63) is 41.0 Å². The highest BCUT2D eigenvalue weighted by Crippen LogP contribution is 2.55. The van der Waals surface area contributed by atoms with E-state index in [1.54, 1.807) is 24.0 Å². The highest BCUT2D eigenvalue weighted by Gasteiger charge is 2.53. The zero-order chi connectivity index (χ0) is 28.0. The Hall–Kier alpha value is -3.57. The first-order valence-electron chi connectivity index (χ1n) is 13.7. The van der Waals surface area contributed by atoms with Crippen molar-refractivity contribution < 1.29 is 43.1 Å². The second-order valence-electron chi connectivity index (χ2n) is 10.5. The number of phenolic OH excluding ortho intramolecular Hbond substituents is 1. The summed E-state index contributed by atoms with van der Waals surface area (Å²) < 4.78 is 33.2. The maximum Gasteiger partial charge on any atom is 0.409 e. The summed E-state index contributed by atoms with van der Waals surface area (Å²) in [5.41, 5.74) is 2.69. The number of halogens is 1. The molecule has 0 radical (unpaired) electrons. The van der Waals surface area contributed by atoms with Crippen LogP contribution >= 0.6 is 12.4 Å². The fourth-order valence-electron chi connectivity index (χ4n) is 6.57. The third-order valence-corrected chi connectivity index (χ3v) is 8.48. The minimum absolute atomic E-state index is 0. The van der Waals surface area contributed by atoms with Crippen LogP contribution in [0.15, 0.2) is 24.3 Å². The lowest BCUT2D eigenvalue weighted by Gasteiger charge is -2.42. The van der Waals surface area contributed by atoms with Crippen LogP contribution < -0.4 is 24.3 Å². The molecule has 4 atom stereocenters. The predicted molar refractivity (Wildman–Crippen MR) is 148 cm³/mol. The number of carbonyl (C=O) groups excluding carboxylic acids is 2. The molecule has 1 amide bonds. The Morgan fingerprint density at radius 3 is 2.27 bits per heavy atom. The zero-order valence-electron chi connectivity index (χ0n) is 23.2. The van der Waals surface area contributed by atoms with Gasteiger partial charge in [0.2, 0.25) is 12.5 Å². The van der Waals surface area contributed by atoms with Crippen LogP contribution in [0.25, 0.3) is 0 Å². The predicted octanol–water partition coefficient (Wildman–Crippen LogP) is 3.75. The SMILES string of the molecule is CCOC(=O)N1CCC(N[C@@H]2c3cc4c(cc3C(c3cc(OC)c(O)c(OC)c3)C3C(=O)OC[C@@H]32)OCO4)CC1.Cl. The molecule has 3 aliphatic heterocycles. The van der Waals surface area contributed by atoms with E-state index in [1.165, 1.54) is 14.2 Å². The molecule has 2 saturated heterocycles. The minimum Gasteiger partial charge on any atom is -0.502 e. The molecule has 4 aliphatic rings. The van der Waals surface area contributed by atoms with Crippen LogP contribution in [0, 0.1) is 11.8 Å². The Kier molecular flexibility index (Phi) is 8.28. The molecular weight excluding hydrogens is 556 g/mol. The van der Waals surface area contributed by atoms with E-state index >= 15 is 0 Å². The van der Waals surface area contributed by atoms with Gasteiger partial charge in [0.15, 0.2) is 23.0 Å². The van der Waals surface area contributed by atoms with Crippen molar-refractivity contribution in [2.75, 3.05) is 47.3 Å². The van der Waals surface area contributed by atoms with E-state index in [1.807, 2.05) is 12.1 Å². The van der Waals surface area contributed by atoms with Gasteiger partial charge in [-0.1, -0.05) is 0 Å². The average Bonchev–Trinajstić information content (AvgIpc) is 3.59. The van der Waals surface area contributed by atoms with Gasteiger partial charge in [0, 0.05) is 37.0 Å². The van der Waals surface area contributed by atoms with Crippen molar-refractivity contribution in [1.29, 1.82) is 0 Å². The smallest absolute Gasteiger partial charge is 0.409 e. The summed E-state index contributed by atoms with van der Waals surface area (Å²) in [5.74, 6) is 0.392. The van der Waals surface area contributed by atoms with Gasteiger partial charge in [-0.15, -0.1) is 12.4 Å². The van der Waals surface area contributed by atoms with Gasteiger partial charge < -0.3 is 43.7 Å². The van der Waals surface area contributed by atoms with Gasteiger partial charge in [-0.05, 0) is 60.7 Å². The lowest BCUT2D eigenvalue weighted by atomic mass is 9.65. The first-order valence-corrected chi connectivity index (χ1v) is 13.7. The fraction of sp³-hybridized carbons (Fsp3) is 0.517. The van der Waals surface area contributed by atoms with Crippen molar-refractivity contribution in [1.82, 2.24) is 10.2 Å². The second-order valence-corrected chi connectivity index (χ2v) is 10.5. The number of hydrogen-bond donors (Lipinski definition) is 2. The molecule has 0 aromatic heterocycles. The summed E-state index contributed by atoms with van der Waals surface area (Å²) in [6.07, 6.45) is 1.24. The Labute approximate surface area is 244 Å². The molecule has 11 nitrogen and oxygen atoms in total. The summed E-state index contributed by atoms with van der Waals surface area (Å²) in [4.78, 5) is 27.3. The molecule has 3 heterocycles. The number of hydrogen-bond acceptors (Lipinski definition) is 10. The first kappa shape index (κ1) is 28.9. The van der Waals surface area contributed by atoms with Crippen LogP contribution in [0.3, 0.4) is 0 Å². The van der Waals surface area contributed by atoms with Crippen LogP contribution in [0.2, 0.25) is 0 Å². The molecule has 1 aliphatic carbocycles. The molecule has 6 rings (SSSR count). The van der Waals surface area contributed by atoms with Gasteiger partial charge in [0.05, 0.1) is 33.4 Å². The molecule has 0 spiro atoms. The Morgan fingerprint density at radius 1 is 1.02 bits per heavy atom. The van der Waals surface area contributed by atoms with E-state index in [9.17, 15) is 14.7 Å². The molecule has 0 saturated carbocycles. The average molecular weight is 591 g/mol. The number of phenols is 1. The molecular formula is C29H35ClN2O9. The standard InChI is InChI=1S/C29H34N2O9.ClH/c1-4-37-29(34)31-7-5-16(6-8-31)30-26-18-12-21-20(39-14-40-21)11-17(18)24(25-19(26)13-38-28(25)33)15-9-22(35-2)27(32)23(10-15)36-3;/h9-12,16,19,24-26,30,32H,4-8,13-14H2,1-3H3;1H/t19-,24?,25?,26+;/m0./s1. The van der Waals surface area contributed by atoms with E-state index in [0.29, 0.717) is 31.2 Å². The summed E-state index contributed by atoms with van der Waals surface area (Å²) in [7, 11) is 2.95. The second kappa shape index (κ2) is 11.7. The number of esters is 1. The van der Waals surface area contributed by atoms with Crippen molar-refractivity contribution in [3.63, 3.8) is 0 Å². The van der Waals surface area contributed by atoms with Crippen LogP contribution in [0.4, 0.5) is 4.79 Å². The van der Waals surface area contributed by atoms with Gasteiger partial charge in [-0.2, -0.15) is 0 Å². The number of nitrogens with one attached hydrogen (secondary N) is 1. The lowest BCUT2D eigenvalue weighted by Crippen LogP contribution is -2.49. The third kappa shape index (κ3) is 5.05. The van der Waals surface area contributed by atoms with Crippen LogP contribution in [0.1, 0.15) is 48.4 Å². The molecule has 12 heteroatoms. The highest BCUT2D eigenvalue weighted by molar-refractivity contribution is 5.85. The molecule has 0 bridgehead atoms. The third-order valence-electron chi connectivity index (χ3n) is 8.48. The maximum absolute atomic E-state index is 13.4. The molecule has 2 fully saturated rings. The van der Waals surface area contributed by atoms with Crippen molar-refractivity contribution in [2.45, 2.75) is 37.8 Å². The maximum atomic E-state index is 13.4. The molecule has 2 aromatic carbocycles. The summed E-state index contributed by atoms with van der Waals surface area (Å²) in [6.45, 7) is 3.75. The van der Waals surface area contributed by atoms with Crippen molar-refractivity contribution in [2.24, 2.45) is 11.8 Å². The van der Waals surface area contributed by atoms with Gasteiger partial charge >= 0.3 is 12.1 Å². The van der Waals surface area contributed by atoms with E-state index < -0.39 is 11.8 Å². The fourth-order valence-corrected chi connectivity index (χ4v) is 6.57. The van der Waals surface area contributed by atoms with Crippen molar-refractivity contribution in [3.8, 4) is 28.7 Å². The minimum atomic E-state index is -0.482. The first-order chi connectivity index (χ1) is 19.4. The topological polar surface area (TPSA) is 125 Å². The van der Waals surface area contributed by atoms with Gasteiger partial charge in [0.25, 0.3) is 0 Å². The number of carbonyl (C=O) groups is 2. The van der Waals surface area contributed by atoms with E-state index in [-0.39, 0.29) is 73.1 Å². The number of fused-ring (bicyclic) bond motifs is 3. The van der Waals surface area contributed by atoms with E-state index in [4.69, 9.17) is 28.4 Å². The number of amides is 1. The van der Waals surface area contributed by atoms with Gasteiger partial charge in [0.1, 0.15) is 0 Å². The lowest BCUT2D eigenvalue weighted by molar-refractivity contribution is -0.141. The Morgan fingerprint density at radius 2 is 1.66 bits per heavy atom. The number of aromatic hydroxyl groups is 1. The summed E-state index contributed by atoms with van der Waals surface area (Å²) >= 11 is 0. The number of methoxy groups -OCH3 is 2. The molecule has 2 aromatic rings. The largest absolute Gasteiger partial charge is 0.502 e. The number of rotatable bonds is 6. The number of piperidine rings is 1. The monoisotopic (exact) mass is 590 g/mol. The number of nitrogens with zero attached hydrogens (tertiary/aromatic N) is 1. The van der Waals surface area contributed by atoms with Crippen LogP contribution in [0.5, 0.6) is 28.7 Å². The van der Waals surface area contributed by atoms with Crippen molar-refractivity contribution >= 4 is 24.5 Å². The molecule has 2 N–H and O–H groups in total. The Bertz CT molecular complexity index is 1290. The van der Waals surface area contributed by atoms with Crippen LogP contribution in [-0.2, 0) is 14.3 Å².